The van der Waals surface area contributed by atoms with Crippen LogP contribution in [0, 0.1) is 5.92 Å². The number of carbonyl (C=O) groups is 3. The van der Waals surface area contributed by atoms with E-state index in [9.17, 15) is 14.4 Å². The Labute approximate surface area is 169 Å². The van der Waals surface area contributed by atoms with Crippen molar-refractivity contribution in [3.63, 3.8) is 0 Å². The summed E-state index contributed by atoms with van der Waals surface area (Å²) in [6, 6.07) is 15.7. The van der Waals surface area contributed by atoms with E-state index in [4.69, 9.17) is 9.47 Å². The topological polar surface area (TPSA) is 84.9 Å². The van der Waals surface area contributed by atoms with Gasteiger partial charge in [0.05, 0.1) is 25.8 Å². The minimum absolute atomic E-state index is 0.0725. The maximum Gasteiger partial charge on any atom is 0.328 e. The largest absolute Gasteiger partial charge is 0.495 e. The van der Waals surface area contributed by atoms with Crippen molar-refractivity contribution in [2.24, 2.45) is 5.92 Å². The minimum Gasteiger partial charge on any atom is -0.495 e. The van der Waals surface area contributed by atoms with Crippen molar-refractivity contribution in [2.45, 2.75) is 18.9 Å². The lowest BCUT2D eigenvalue weighted by Gasteiger charge is -2.21. The molecule has 0 bridgehead atoms. The number of esters is 1. The van der Waals surface area contributed by atoms with Crippen molar-refractivity contribution in [1.29, 1.82) is 0 Å². The Hall–Kier alpha value is -3.35. The first-order valence-electron chi connectivity index (χ1n) is 9.39. The fourth-order valence-corrected chi connectivity index (χ4v) is 3.44. The number of ether oxygens (including phenoxy) is 2. The predicted octanol–water partition coefficient (Wildman–Crippen LogP) is 1.95. The fourth-order valence-electron chi connectivity index (χ4n) is 3.44. The molecule has 0 unspecified atom stereocenters. The first-order chi connectivity index (χ1) is 14.0. The van der Waals surface area contributed by atoms with E-state index < -0.39 is 17.9 Å². The average molecular weight is 396 g/mol. The van der Waals surface area contributed by atoms with Crippen LogP contribution in [0.15, 0.2) is 54.6 Å². The number of methoxy groups -OCH3 is 2. The van der Waals surface area contributed by atoms with Gasteiger partial charge in [0.25, 0.3) is 0 Å². The van der Waals surface area contributed by atoms with E-state index in [1.807, 2.05) is 42.5 Å². The van der Waals surface area contributed by atoms with Gasteiger partial charge in [0, 0.05) is 19.4 Å². The van der Waals surface area contributed by atoms with E-state index in [1.54, 1.807) is 17.0 Å². The van der Waals surface area contributed by atoms with Gasteiger partial charge in [-0.15, -0.1) is 0 Å². The number of hydrogen-bond donors (Lipinski definition) is 1. The molecule has 0 spiro atoms. The second kappa shape index (κ2) is 9.23. The standard InChI is InChI=1S/C22H24N2O5/c1-28-19-11-7-6-10-18(19)24-14-16(13-20(24)25)21(26)23-17(22(27)29-2)12-15-8-4-3-5-9-15/h3-11,16-17H,12-14H2,1-2H3,(H,23,26)/t16-,17-/m1/s1. The molecule has 1 aliphatic heterocycles. The van der Waals surface area contributed by atoms with Crippen molar-refractivity contribution in [3.8, 4) is 5.75 Å². The Morgan fingerprint density at radius 2 is 1.79 bits per heavy atom. The highest BCUT2D eigenvalue weighted by Gasteiger charge is 2.37. The van der Waals surface area contributed by atoms with Crippen LogP contribution in [0.2, 0.25) is 0 Å². The average Bonchev–Trinajstić information content (AvgIpc) is 3.15. The quantitative estimate of drug-likeness (QED) is 0.723. The molecular formula is C22H24N2O5. The number of benzene rings is 2. The molecule has 29 heavy (non-hydrogen) atoms. The van der Waals surface area contributed by atoms with Gasteiger partial charge in [-0.2, -0.15) is 0 Å². The summed E-state index contributed by atoms with van der Waals surface area (Å²) in [5, 5.41) is 2.76. The molecule has 1 fully saturated rings. The van der Waals surface area contributed by atoms with E-state index in [-0.39, 0.29) is 24.8 Å². The summed E-state index contributed by atoms with van der Waals surface area (Å²) in [4.78, 5) is 39.1. The molecule has 152 valence electrons. The summed E-state index contributed by atoms with van der Waals surface area (Å²) in [6.07, 6.45) is 0.388. The third kappa shape index (κ3) is 4.74. The van der Waals surface area contributed by atoms with E-state index in [0.717, 1.165) is 5.56 Å². The lowest BCUT2D eigenvalue weighted by atomic mass is 10.0. The Bertz CT molecular complexity index is 884. The molecule has 2 aromatic rings. The summed E-state index contributed by atoms with van der Waals surface area (Å²) in [5.74, 6) is -1.02. The van der Waals surface area contributed by atoms with Crippen molar-refractivity contribution >= 4 is 23.5 Å². The Balaban J connectivity index is 1.70. The van der Waals surface area contributed by atoms with Crippen LogP contribution in [-0.2, 0) is 25.5 Å². The Kier molecular flexibility index (Phi) is 6.49. The van der Waals surface area contributed by atoms with Gasteiger partial charge in [-0.05, 0) is 17.7 Å². The van der Waals surface area contributed by atoms with E-state index >= 15 is 0 Å². The molecule has 2 amide bonds. The zero-order valence-electron chi connectivity index (χ0n) is 16.5. The van der Waals surface area contributed by atoms with Crippen LogP contribution in [-0.4, -0.2) is 44.6 Å². The van der Waals surface area contributed by atoms with Gasteiger partial charge < -0.3 is 19.7 Å². The second-order valence-corrected chi connectivity index (χ2v) is 6.85. The number of nitrogens with one attached hydrogen (secondary N) is 1. The maximum atomic E-state index is 12.8. The molecule has 2 atom stereocenters. The molecule has 0 saturated carbocycles. The van der Waals surface area contributed by atoms with Crippen LogP contribution in [0.5, 0.6) is 5.75 Å². The van der Waals surface area contributed by atoms with Crippen LogP contribution in [0.4, 0.5) is 5.69 Å². The molecule has 0 aliphatic carbocycles. The predicted molar refractivity (Wildman–Crippen MR) is 108 cm³/mol. The molecule has 7 nitrogen and oxygen atoms in total. The smallest absolute Gasteiger partial charge is 0.328 e. The van der Waals surface area contributed by atoms with Crippen molar-refractivity contribution < 1.29 is 23.9 Å². The zero-order chi connectivity index (χ0) is 20.8. The van der Waals surface area contributed by atoms with E-state index in [2.05, 4.69) is 5.32 Å². The molecule has 1 heterocycles. The molecule has 1 N–H and O–H groups in total. The normalized spacial score (nSPS) is 17.0. The van der Waals surface area contributed by atoms with Crippen LogP contribution in [0.25, 0.3) is 0 Å². The molecule has 2 aromatic carbocycles. The number of anilines is 1. The van der Waals surface area contributed by atoms with E-state index in [1.165, 1.54) is 14.2 Å². The van der Waals surface area contributed by atoms with Crippen molar-refractivity contribution in [3.05, 3.63) is 60.2 Å². The Morgan fingerprint density at radius 3 is 2.48 bits per heavy atom. The summed E-state index contributed by atoms with van der Waals surface area (Å²) in [6.45, 7) is 0.226. The third-order valence-electron chi connectivity index (χ3n) is 4.96. The summed E-state index contributed by atoms with van der Waals surface area (Å²) < 4.78 is 10.2. The number of hydrogen-bond acceptors (Lipinski definition) is 5. The highest BCUT2D eigenvalue weighted by atomic mass is 16.5. The van der Waals surface area contributed by atoms with Gasteiger partial charge in [-0.1, -0.05) is 42.5 Å². The van der Waals surface area contributed by atoms with Gasteiger partial charge in [0.15, 0.2) is 0 Å². The van der Waals surface area contributed by atoms with Gasteiger partial charge >= 0.3 is 5.97 Å². The van der Waals surface area contributed by atoms with Crippen molar-refractivity contribution in [1.82, 2.24) is 5.32 Å². The first-order valence-corrected chi connectivity index (χ1v) is 9.39. The molecule has 0 aromatic heterocycles. The lowest BCUT2D eigenvalue weighted by molar-refractivity contribution is -0.145. The summed E-state index contributed by atoms with van der Waals surface area (Å²) >= 11 is 0. The second-order valence-electron chi connectivity index (χ2n) is 6.85. The van der Waals surface area contributed by atoms with Crippen molar-refractivity contribution in [2.75, 3.05) is 25.7 Å². The number of nitrogens with zero attached hydrogens (tertiary/aromatic N) is 1. The Morgan fingerprint density at radius 1 is 1.10 bits per heavy atom. The number of carbonyl (C=O) groups excluding carboxylic acids is 3. The van der Waals surface area contributed by atoms with E-state index in [0.29, 0.717) is 17.9 Å². The molecule has 1 aliphatic rings. The first kappa shape index (κ1) is 20.4. The molecular weight excluding hydrogens is 372 g/mol. The minimum atomic E-state index is -0.815. The monoisotopic (exact) mass is 396 g/mol. The van der Waals surface area contributed by atoms with Gasteiger partial charge in [0.1, 0.15) is 11.8 Å². The van der Waals surface area contributed by atoms with Crippen LogP contribution >= 0.6 is 0 Å². The maximum absolute atomic E-state index is 12.8. The third-order valence-corrected chi connectivity index (χ3v) is 4.96. The zero-order valence-corrected chi connectivity index (χ0v) is 16.5. The molecule has 1 saturated heterocycles. The van der Waals surface area contributed by atoms with Gasteiger partial charge in [-0.3, -0.25) is 9.59 Å². The highest BCUT2D eigenvalue weighted by Crippen LogP contribution is 2.32. The van der Waals surface area contributed by atoms with Crippen LogP contribution < -0.4 is 15.0 Å². The molecule has 0 radical (unpaired) electrons. The molecule has 3 rings (SSSR count). The lowest BCUT2D eigenvalue weighted by Crippen LogP contribution is -2.46. The number of amides is 2. The molecule has 7 heteroatoms. The van der Waals surface area contributed by atoms with Crippen LogP contribution in [0.3, 0.4) is 0 Å². The van der Waals surface area contributed by atoms with Gasteiger partial charge in [-0.25, -0.2) is 4.79 Å². The summed E-state index contributed by atoms with van der Waals surface area (Å²) in [5.41, 5.74) is 1.53. The van der Waals surface area contributed by atoms with Crippen LogP contribution in [0.1, 0.15) is 12.0 Å². The van der Waals surface area contributed by atoms with Gasteiger partial charge in [0.2, 0.25) is 11.8 Å². The number of rotatable bonds is 7. The fraction of sp³-hybridized carbons (Fsp3) is 0.318. The number of para-hydroxylation sites is 2. The summed E-state index contributed by atoms with van der Waals surface area (Å²) in [7, 11) is 2.82. The highest BCUT2D eigenvalue weighted by molar-refractivity contribution is 6.01. The SMILES string of the molecule is COC(=O)[C@@H](Cc1ccccc1)NC(=O)[C@@H]1CC(=O)N(c2ccccc2OC)C1.